The first kappa shape index (κ1) is 19.7. The monoisotopic (exact) mass is 419 g/mol. The number of para-hydroxylation sites is 1. The van der Waals surface area contributed by atoms with E-state index in [0.29, 0.717) is 11.1 Å². The first-order valence-electron chi connectivity index (χ1n) is 10.3. The average molecular weight is 419 g/mol. The fourth-order valence-corrected chi connectivity index (χ4v) is 5.05. The number of benzene rings is 3. The number of hydrogen-bond donors (Lipinski definition) is 0. The maximum absolute atomic E-state index is 13.9. The molecule has 1 fully saturated rings. The molecule has 154 valence electrons. The van der Waals surface area contributed by atoms with E-state index in [1.54, 1.807) is 36.4 Å². The van der Waals surface area contributed by atoms with Crippen LogP contribution in [-0.4, -0.2) is 17.9 Å². The van der Waals surface area contributed by atoms with Crippen molar-refractivity contribution >= 4 is 17.5 Å². The lowest BCUT2D eigenvalue weighted by atomic mass is 9.69. The SMILES string of the molecule is N#CC1(C#N)[C@H](c2ccc(F)cc2)[C@@H](C(=O)c2ccccc2)N2c3ccccc3C=C[C@H]21. The number of carbonyl (C=O) groups excluding carboxylic acids is 1. The molecule has 3 aromatic carbocycles. The topological polar surface area (TPSA) is 67.9 Å². The van der Waals surface area contributed by atoms with E-state index in [1.807, 2.05) is 47.4 Å². The highest BCUT2D eigenvalue weighted by Gasteiger charge is 2.63. The Bertz CT molecular complexity index is 1290. The van der Waals surface area contributed by atoms with Crippen LogP contribution in [0.2, 0.25) is 0 Å². The normalized spacial score (nSPS) is 22.3. The highest BCUT2D eigenvalue weighted by molar-refractivity contribution is 6.04. The van der Waals surface area contributed by atoms with Crippen molar-refractivity contribution < 1.29 is 9.18 Å². The second-order valence-electron chi connectivity index (χ2n) is 8.07. The van der Waals surface area contributed by atoms with Crippen molar-refractivity contribution in [2.75, 3.05) is 4.90 Å². The van der Waals surface area contributed by atoms with Crippen LogP contribution in [0.4, 0.5) is 10.1 Å². The Hall–Kier alpha value is -4.22. The van der Waals surface area contributed by atoms with E-state index >= 15 is 0 Å². The summed E-state index contributed by atoms with van der Waals surface area (Å²) in [7, 11) is 0. The molecule has 1 saturated heterocycles. The summed E-state index contributed by atoms with van der Waals surface area (Å²) in [6.07, 6.45) is 3.74. The molecule has 32 heavy (non-hydrogen) atoms. The Balaban J connectivity index is 1.79. The zero-order valence-electron chi connectivity index (χ0n) is 17.0. The molecule has 2 heterocycles. The fourth-order valence-electron chi connectivity index (χ4n) is 5.05. The summed E-state index contributed by atoms with van der Waals surface area (Å²) in [6.45, 7) is 0. The summed E-state index contributed by atoms with van der Waals surface area (Å²) in [6, 6.07) is 25.4. The average Bonchev–Trinajstić information content (AvgIpc) is 3.15. The zero-order chi connectivity index (χ0) is 22.3. The molecule has 0 bridgehead atoms. The van der Waals surface area contributed by atoms with Crippen molar-refractivity contribution in [3.05, 3.63) is 107 Å². The van der Waals surface area contributed by atoms with Gasteiger partial charge < -0.3 is 4.90 Å². The van der Waals surface area contributed by atoms with E-state index in [-0.39, 0.29) is 5.78 Å². The third-order valence-electron chi connectivity index (χ3n) is 6.47. The van der Waals surface area contributed by atoms with Crippen LogP contribution in [0.5, 0.6) is 0 Å². The molecule has 0 amide bonds. The highest BCUT2D eigenvalue weighted by Crippen LogP contribution is 2.55. The molecule has 2 aliphatic heterocycles. The predicted molar refractivity (Wildman–Crippen MR) is 119 cm³/mol. The maximum atomic E-state index is 13.9. The number of anilines is 1. The number of rotatable bonds is 3. The Kier molecular flexibility index (Phi) is 4.61. The number of hydrogen-bond acceptors (Lipinski definition) is 4. The van der Waals surface area contributed by atoms with Crippen LogP contribution in [0.1, 0.15) is 27.4 Å². The smallest absolute Gasteiger partial charge is 0.185 e. The molecule has 0 spiro atoms. The number of Topliss-reactive ketones (excluding diaryl/α,β-unsaturated/α-hetero) is 1. The number of fused-ring (bicyclic) bond motifs is 3. The van der Waals surface area contributed by atoms with Gasteiger partial charge in [0.05, 0.1) is 18.2 Å². The van der Waals surface area contributed by atoms with Crippen LogP contribution in [0.25, 0.3) is 6.08 Å². The Morgan fingerprint density at radius 2 is 1.56 bits per heavy atom. The molecular formula is C27H18FN3O. The number of carbonyl (C=O) groups is 1. The van der Waals surface area contributed by atoms with Gasteiger partial charge in [-0.15, -0.1) is 0 Å². The van der Waals surface area contributed by atoms with Gasteiger partial charge in [0.2, 0.25) is 0 Å². The predicted octanol–water partition coefficient (Wildman–Crippen LogP) is 5.11. The molecule has 4 nitrogen and oxygen atoms in total. The summed E-state index contributed by atoms with van der Waals surface area (Å²) >= 11 is 0. The van der Waals surface area contributed by atoms with Crippen molar-refractivity contribution in [3.63, 3.8) is 0 Å². The molecule has 0 N–H and O–H groups in total. The van der Waals surface area contributed by atoms with Crippen LogP contribution in [0, 0.1) is 33.9 Å². The van der Waals surface area contributed by atoms with E-state index in [9.17, 15) is 19.7 Å². The minimum Gasteiger partial charge on any atom is -0.351 e. The second kappa shape index (κ2) is 7.48. The lowest BCUT2D eigenvalue weighted by Gasteiger charge is -2.35. The highest BCUT2D eigenvalue weighted by atomic mass is 19.1. The van der Waals surface area contributed by atoms with Gasteiger partial charge in [0.1, 0.15) is 11.9 Å². The number of nitriles is 2. The zero-order valence-corrected chi connectivity index (χ0v) is 17.0. The van der Waals surface area contributed by atoms with Gasteiger partial charge in [-0.2, -0.15) is 10.5 Å². The molecular weight excluding hydrogens is 401 g/mol. The van der Waals surface area contributed by atoms with Gasteiger partial charge in [-0.25, -0.2) is 4.39 Å². The number of ketones is 1. The summed E-state index contributed by atoms with van der Waals surface area (Å²) in [5.74, 6) is -1.37. The first-order chi connectivity index (χ1) is 15.6. The molecule has 0 aliphatic carbocycles. The van der Waals surface area contributed by atoms with Gasteiger partial charge in [0, 0.05) is 17.2 Å². The van der Waals surface area contributed by atoms with Gasteiger partial charge in [0.15, 0.2) is 11.2 Å². The van der Waals surface area contributed by atoms with Gasteiger partial charge in [-0.05, 0) is 29.3 Å². The Labute approximate surface area is 185 Å². The van der Waals surface area contributed by atoms with Gasteiger partial charge in [0.25, 0.3) is 0 Å². The maximum Gasteiger partial charge on any atom is 0.185 e. The van der Waals surface area contributed by atoms with Crippen LogP contribution in [-0.2, 0) is 0 Å². The third-order valence-corrected chi connectivity index (χ3v) is 6.47. The molecule has 0 unspecified atom stereocenters. The first-order valence-corrected chi connectivity index (χ1v) is 10.3. The molecule has 5 heteroatoms. The third kappa shape index (κ3) is 2.76. The van der Waals surface area contributed by atoms with Crippen LogP contribution in [0.3, 0.4) is 0 Å². The Morgan fingerprint density at radius 1 is 0.906 bits per heavy atom. The molecule has 0 saturated carbocycles. The molecule has 5 rings (SSSR count). The van der Waals surface area contributed by atoms with Crippen molar-refractivity contribution in [3.8, 4) is 12.1 Å². The van der Waals surface area contributed by atoms with E-state index in [0.717, 1.165) is 11.3 Å². The number of halogens is 1. The lowest BCUT2D eigenvalue weighted by molar-refractivity contribution is 0.0951. The van der Waals surface area contributed by atoms with Crippen molar-refractivity contribution in [2.45, 2.75) is 18.0 Å². The largest absolute Gasteiger partial charge is 0.351 e. The van der Waals surface area contributed by atoms with Crippen LogP contribution < -0.4 is 4.90 Å². The fraction of sp³-hybridized carbons (Fsp3) is 0.148. The van der Waals surface area contributed by atoms with Gasteiger partial charge >= 0.3 is 0 Å². The van der Waals surface area contributed by atoms with Crippen LogP contribution >= 0.6 is 0 Å². The molecule has 0 radical (unpaired) electrons. The van der Waals surface area contributed by atoms with Gasteiger partial charge in [-0.1, -0.05) is 72.8 Å². The molecule has 2 aliphatic rings. The van der Waals surface area contributed by atoms with E-state index in [2.05, 4.69) is 12.1 Å². The quantitative estimate of drug-likeness (QED) is 0.553. The van der Waals surface area contributed by atoms with Crippen molar-refractivity contribution in [2.24, 2.45) is 5.41 Å². The minimum absolute atomic E-state index is 0.178. The molecule has 3 atom stereocenters. The minimum atomic E-state index is -1.53. The van der Waals surface area contributed by atoms with Crippen molar-refractivity contribution in [1.29, 1.82) is 10.5 Å². The number of nitrogens with zero attached hydrogens (tertiary/aromatic N) is 3. The van der Waals surface area contributed by atoms with E-state index in [1.165, 1.54) is 12.1 Å². The second-order valence-corrected chi connectivity index (χ2v) is 8.07. The summed E-state index contributed by atoms with van der Waals surface area (Å²) in [5.41, 5.74) is 1.27. The van der Waals surface area contributed by atoms with Gasteiger partial charge in [-0.3, -0.25) is 4.79 Å². The summed E-state index contributed by atoms with van der Waals surface area (Å²) in [5, 5.41) is 20.7. The Morgan fingerprint density at radius 3 is 2.25 bits per heavy atom. The summed E-state index contributed by atoms with van der Waals surface area (Å²) < 4.78 is 13.7. The van der Waals surface area contributed by atoms with E-state index < -0.39 is 29.2 Å². The summed E-state index contributed by atoms with van der Waals surface area (Å²) in [4.78, 5) is 15.8. The van der Waals surface area contributed by atoms with E-state index in [4.69, 9.17) is 0 Å². The van der Waals surface area contributed by atoms with Crippen LogP contribution in [0.15, 0.2) is 84.9 Å². The molecule has 3 aromatic rings. The standard InChI is InChI=1S/C27H18FN3O/c28-21-13-10-19(11-14-21)24-25(26(32)20-7-2-1-3-8-20)31-22-9-5-4-6-18(22)12-15-23(31)27(24,16-29)17-30/h1-15,23-25H/t23-,24+,25-/m0/s1. The lowest BCUT2D eigenvalue weighted by Crippen LogP contribution is -2.44. The molecule has 0 aromatic heterocycles. The van der Waals surface area contributed by atoms with Crippen molar-refractivity contribution in [1.82, 2.24) is 0 Å².